The molecular formula is C18H30O2. The van der Waals surface area contributed by atoms with Crippen LogP contribution in [0.1, 0.15) is 53.9 Å². The SMILES string of the molecule is C=C/C=C(\C=C)COC(=O)C(C)(CCCC)C(C)(C)C. The van der Waals surface area contributed by atoms with E-state index in [-0.39, 0.29) is 18.0 Å². The van der Waals surface area contributed by atoms with Gasteiger partial charge in [0, 0.05) is 0 Å². The summed E-state index contributed by atoms with van der Waals surface area (Å²) in [7, 11) is 0. The number of allylic oxidation sites excluding steroid dienone is 2. The minimum atomic E-state index is -0.469. The molecule has 0 aliphatic heterocycles. The summed E-state index contributed by atoms with van der Waals surface area (Å²) in [5.41, 5.74) is 0.263. The molecule has 0 aliphatic rings. The molecular weight excluding hydrogens is 248 g/mol. The number of unbranched alkanes of at least 4 members (excludes halogenated alkanes) is 1. The maximum atomic E-state index is 12.5. The third-order valence-corrected chi connectivity index (χ3v) is 4.10. The molecule has 0 aromatic rings. The van der Waals surface area contributed by atoms with Gasteiger partial charge in [-0.2, -0.15) is 0 Å². The second-order valence-corrected chi connectivity index (χ2v) is 6.44. The van der Waals surface area contributed by atoms with Crippen LogP contribution in [-0.2, 0) is 9.53 Å². The monoisotopic (exact) mass is 278 g/mol. The predicted octanol–water partition coefficient (Wildman–Crippen LogP) is 5.07. The van der Waals surface area contributed by atoms with Gasteiger partial charge >= 0.3 is 5.97 Å². The molecule has 1 atom stereocenters. The topological polar surface area (TPSA) is 26.3 Å². The normalized spacial score (nSPS) is 15.3. The van der Waals surface area contributed by atoms with Crippen LogP contribution in [0.25, 0.3) is 0 Å². The zero-order chi connectivity index (χ0) is 15.8. The fourth-order valence-electron chi connectivity index (χ4n) is 1.95. The minimum Gasteiger partial charge on any atom is -0.460 e. The molecule has 0 heterocycles. The third kappa shape index (κ3) is 4.99. The van der Waals surface area contributed by atoms with Gasteiger partial charge in [0.2, 0.25) is 0 Å². The summed E-state index contributed by atoms with van der Waals surface area (Å²) in [5.74, 6) is -0.129. The first-order valence-electron chi connectivity index (χ1n) is 7.34. The van der Waals surface area contributed by atoms with Crippen LogP contribution in [0.4, 0.5) is 0 Å². The van der Waals surface area contributed by atoms with E-state index in [9.17, 15) is 4.79 Å². The van der Waals surface area contributed by atoms with Gasteiger partial charge in [0.25, 0.3) is 0 Å². The minimum absolute atomic E-state index is 0.129. The summed E-state index contributed by atoms with van der Waals surface area (Å²) >= 11 is 0. The van der Waals surface area contributed by atoms with Crippen molar-refractivity contribution in [3.8, 4) is 0 Å². The number of hydrogen-bond donors (Lipinski definition) is 0. The number of rotatable bonds is 8. The molecule has 114 valence electrons. The highest BCUT2D eigenvalue weighted by Crippen LogP contribution is 2.43. The summed E-state index contributed by atoms with van der Waals surface area (Å²) in [6.07, 6.45) is 8.12. The first kappa shape index (κ1) is 18.7. The van der Waals surface area contributed by atoms with Crippen molar-refractivity contribution in [3.63, 3.8) is 0 Å². The molecule has 0 rings (SSSR count). The Kier molecular flexibility index (Phi) is 7.55. The summed E-state index contributed by atoms with van der Waals surface area (Å²) in [6.45, 7) is 18.0. The van der Waals surface area contributed by atoms with E-state index in [2.05, 4.69) is 40.9 Å². The number of carbonyl (C=O) groups excluding carboxylic acids is 1. The molecule has 0 radical (unpaired) electrons. The summed E-state index contributed by atoms with van der Waals surface area (Å²) < 4.78 is 5.51. The van der Waals surface area contributed by atoms with Crippen LogP contribution in [0.15, 0.2) is 37.0 Å². The first-order valence-corrected chi connectivity index (χ1v) is 7.34. The highest BCUT2D eigenvalue weighted by molar-refractivity contribution is 5.77. The predicted molar refractivity (Wildman–Crippen MR) is 86.5 cm³/mol. The van der Waals surface area contributed by atoms with Gasteiger partial charge in [-0.05, 0) is 24.3 Å². The highest BCUT2D eigenvalue weighted by atomic mass is 16.5. The number of carbonyl (C=O) groups is 1. The Hall–Kier alpha value is -1.31. The van der Waals surface area contributed by atoms with Gasteiger partial charge in [0.1, 0.15) is 6.61 Å². The quantitative estimate of drug-likeness (QED) is 0.457. The average Bonchev–Trinajstić information content (AvgIpc) is 2.38. The molecule has 20 heavy (non-hydrogen) atoms. The van der Waals surface area contributed by atoms with E-state index in [1.807, 2.05) is 6.92 Å². The highest BCUT2D eigenvalue weighted by Gasteiger charge is 2.44. The lowest BCUT2D eigenvalue weighted by Crippen LogP contribution is -2.41. The van der Waals surface area contributed by atoms with E-state index in [4.69, 9.17) is 4.74 Å². The van der Waals surface area contributed by atoms with Crippen LogP contribution < -0.4 is 0 Å². The van der Waals surface area contributed by atoms with Crippen molar-refractivity contribution in [2.45, 2.75) is 53.9 Å². The van der Waals surface area contributed by atoms with Gasteiger partial charge in [-0.25, -0.2) is 0 Å². The number of ether oxygens (including phenoxy) is 1. The molecule has 2 heteroatoms. The van der Waals surface area contributed by atoms with E-state index in [1.165, 1.54) is 0 Å². The molecule has 0 saturated heterocycles. The van der Waals surface area contributed by atoms with Crippen LogP contribution in [0, 0.1) is 10.8 Å². The molecule has 0 saturated carbocycles. The molecule has 0 bridgehead atoms. The van der Waals surface area contributed by atoms with Gasteiger partial charge in [-0.3, -0.25) is 4.79 Å². The standard InChI is InChI=1S/C18H30O2/c1-8-11-13-18(7,17(4,5)6)16(19)20-14-15(10-3)12-9-2/h9-10,12H,2-3,8,11,13-14H2,1,4-7H3/b15-12+. The van der Waals surface area contributed by atoms with Gasteiger partial charge in [-0.1, -0.05) is 71.9 Å². The van der Waals surface area contributed by atoms with E-state index >= 15 is 0 Å². The van der Waals surface area contributed by atoms with Gasteiger partial charge in [-0.15, -0.1) is 0 Å². The molecule has 0 aromatic carbocycles. The van der Waals surface area contributed by atoms with Crippen molar-refractivity contribution in [1.29, 1.82) is 0 Å². The first-order chi connectivity index (χ1) is 9.22. The average molecular weight is 278 g/mol. The Labute approximate surface area is 124 Å². The molecule has 1 unspecified atom stereocenters. The van der Waals surface area contributed by atoms with E-state index in [0.29, 0.717) is 0 Å². The van der Waals surface area contributed by atoms with Crippen molar-refractivity contribution in [1.82, 2.24) is 0 Å². The largest absolute Gasteiger partial charge is 0.460 e. The molecule has 0 fully saturated rings. The second-order valence-electron chi connectivity index (χ2n) is 6.44. The molecule has 0 aromatic heterocycles. The van der Waals surface area contributed by atoms with Crippen LogP contribution in [-0.4, -0.2) is 12.6 Å². The lowest BCUT2D eigenvalue weighted by atomic mass is 9.65. The van der Waals surface area contributed by atoms with Crippen LogP contribution in [0.5, 0.6) is 0 Å². The number of esters is 1. The fraction of sp³-hybridized carbons (Fsp3) is 0.611. The maximum absolute atomic E-state index is 12.5. The maximum Gasteiger partial charge on any atom is 0.312 e. The molecule has 0 N–H and O–H groups in total. The van der Waals surface area contributed by atoms with Crippen molar-refractivity contribution in [2.75, 3.05) is 6.61 Å². The lowest BCUT2D eigenvalue weighted by molar-refractivity contribution is -0.161. The third-order valence-electron chi connectivity index (χ3n) is 4.10. The van der Waals surface area contributed by atoms with Gasteiger partial charge < -0.3 is 4.74 Å². The van der Waals surface area contributed by atoms with Crippen molar-refractivity contribution in [2.24, 2.45) is 10.8 Å². The smallest absolute Gasteiger partial charge is 0.312 e. The van der Waals surface area contributed by atoms with Crippen LogP contribution >= 0.6 is 0 Å². The zero-order valence-corrected chi connectivity index (χ0v) is 13.8. The Morgan fingerprint density at radius 1 is 1.20 bits per heavy atom. The van der Waals surface area contributed by atoms with E-state index in [1.54, 1.807) is 18.2 Å². The molecule has 2 nitrogen and oxygen atoms in total. The van der Waals surface area contributed by atoms with Crippen molar-refractivity contribution in [3.05, 3.63) is 37.0 Å². The Morgan fingerprint density at radius 2 is 1.80 bits per heavy atom. The van der Waals surface area contributed by atoms with Gasteiger partial charge in [0.05, 0.1) is 5.41 Å². The Morgan fingerprint density at radius 3 is 2.20 bits per heavy atom. The second kappa shape index (κ2) is 8.08. The Balaban J connectivity index is 4.94. The molecule has 0 amide bonds. The molecule has 0 spiro atoms. The Bertz CT molecular complexity index is 371. The summed E-state index contributed by atoms with van der Waals surface area (Å²) in [6, 6.07) is 0. The van der Waals surface area contributed by atoms with E-state index in [0.717, 1.165) is 24.8 Å². The number of hydrogen-bond acceptors (Lipinski definition) is 2. The van der Waals surface area contributed by atoms with Crippen LogP contribution in [0.3, 0.4) is 0 Å². The molecule has 0 aliphatic carbocycles. The lowest BCUT2D eigenvalue weighted by Gasteiger charge is -2.39. The summed E-state index contributed by atoms with van der Waals surface area (Å²) in [5, 5.41) is 0. The van der Waals surface area contributed by atoms with Crippen molar-refractivity contribution < 1.29 is 9.53 Å². The van der Waals surface area contributed by atoms with Crippen LogP contribution in [0.2, 0.25) is 0 Å². The summed E-state index contributed by atoms with van der Waals surface area (Å²) in [4.78, 5) is 12.5. The van der Waals surface area contributed by atoms with Gasteiger partial charge in [0.15, 0.2) is 0 Å². The van der Waals surface area contributed by atoms with Crippen molar-refractivity contribution >= 4 is 5.97 Å². The zero-order valence-electron chi connectivity index (χ0n) is 13.8. The van der Waals surface area contributed by atoms with E-state index < -0.39 is 5.41 Å². The fourth-order valence-corrected chi connectivity index (χ4v) is 1.95.